The molecule has 0 saturated heterocycles. The van der Waals surface area contributed by atoms with Crippen LogP contribution in [-0.4, -0.2) is 52.9 Å². The van der Waals surface area contributed by atoms with E-state index in [0.717, 1.165) is 5.56 Å². The Hall–Kier alpha value is -3.20. The van der Waals surface area contributed by atoms with Gasteiger partial charge < -0.3 is 25.0 Å². The van der Waals surface area contributed by atoms with E-state index in [-0.39, 0.29) is 11.7 Å². The van der Waals surface area contributed by atoms with E-state index >= 15 is 0 Å². The standard InChI is InChI=1S/C29H41N3O5S/c1-9-29(6,7)32(26(34)23(18-38)31-27(35)37-28(3,4)5)24(22-13-11-10-12-19(22)2)25(33)30-20-14-16-21(36-8)17-15-20/h10-17,23-24,38H,9,18H2,1-8H3,(H,30,33)(H,31,35). The van der Waals surface area contributed by atoms with Crippen LogP contribution in [0.15, 0.2) is 48.5 Å². The molecule has 2 aromatic carbocycles. The molecule has 0 radical (unpaired) electrons. The lowest BCUT2D eigenvalue weighted by Gasteiger charge is -2.44. The summed E-state index contributed by atoms with van der Waals surface area (Å²) in [5.41, 5.74) is 0.614. The largest absolute Gasteiger partial charge is 0.497 e. The van der Waals surface area contributed by atoms with Gasteiger partial charge in [0.15, 0.2) is 0 Å². The minimum absolute atomic E-state index is 0.0228. The van der Waals surface area contributed by atoms with Crippen LogP contribution >= 0.6 is 12.6 Å². The normalized spacial score (nSPS) is 13.2. The lowest BCUT2D eigenvalue weighted by atomic mass is 9.90. The van der Waals surface area contributed by atoms with Crippen LogP contribution < -0.4 is 15.4 Å². The molecule has 0 aliphatic carbocycles. The zero-order chi connectivity index (χ0) is 28.7. The second-order valence-corrected chi connectivity index (χ2v) is 11.1. The predicted molar refractivity (Wildman–Crippen MR) is 154 cm³/mol. The molecule has 9 heteroatoms. The van der Waals surface area contributed by atoms with Crippen LogP contribution in [0.4, 0.5) is 10.5 Å². The van der Waals surface area contributed by atoms with E-state index in [0.29, 0.717) is 23.4 Å². The number of aryl methyl sites for hydroxylation is 1. The van der Waals surface area contributed by atoms with Gasteiger partial charge in [-0.3, -0.25) is 9.59 Å². The molecule has 0 aliphatic rings. The fourth-order valence-electron chi connectivity index (χ4n) is 3.92. The molecule has 0 aliphatic heterocycles. The van der Waals surface area contributed by atoms with Gasteiger partial charge in [-0.25, -0.2) is 4.79 Å². The summed E-state index contributed by atoms with van der Waals surface area (Å²) in [6, 6.07) is 12.4. The Kier molecular flexibility index (Phi) is 10.6. The van der Waals surface area contributed by atoms with Gasteiger partial charge in [0.2, 0.25) is 5.91 Å². The molecule has 208 valence electrons. The van der Waals surface area contributed by atoms with Crippen molar-refractivity contribution in [3.63, 3.8) is 0 Å². The lowest BCUT2D eigenvalue weighted by molar-refractivity contribution is -0.147. The van der Waals surface area contributed by atoms with Gasteiger partial charge in [-0.05, 0) is 83.4 Å². The average molecular weight is 544 g/mol. The van der Waals surface area contributed by atoms with Crippen molar-refractivity contribution in [2.24, 2.45) is 0 Å². The molecule has 0 aromatic heterocycles. The molecule has 2 unspecified atom stereocenters. The number of nitrogens with zero attached hydrogens (tertiary/aromatic N) is 1. The minimum Gasteiger partial charge on any atom is -0.497 e. The number of carbonyl (C=O) groups is 3. The van der Waals surface area contributed by atoms with E-state index in [4.69, 9.17) is 9.47 Å². The van der Waals surface area contributed by atoms with E-state index in [1.807, 2.05) is 52.0 Å². The number of rotatable bonds is 10. The number of carbonyl (C=O) groups excluding carboxylic acids is 3. The number of ether oxygens (including phenoxy) is 2. The van der Waals surface area contributed by atoms with E-state index in [1.54, 1.807) is 57.0 Å². The number of benzene rings is 2. The van der Waals surface area contributed by atoms with Crippen molar-refractivity contribution in [1.82, 2.24) is 10.2 Å². The van der Waals surface area contributed by atoms with Crippen LogP contribution in [-0.2, 0) is 14.3 Å². The van der Waals surface area contributed by atoms with Gasteiger partial charge in [0.05, 0.1) is 7.11 Å². The van der Waals surface area contributed by atoms with E-state index in [1.165, 1.54) is 0 Å². The zero-order valence-electron chi connectivity index (χ0n) is 23.6. The Morgan fingerprint density at radius 1 is 1.00 bits per heavy atom. The monoisotopic (exact) mass is 543 g/mol. The molecular formula is C29H41N3O5S. The Bertz CT molecular complexity index is 1110. The highest BCUT2D eigenvalue weighted by Gasteiger charge is 2.43. The van der Waals surface area contributed by atoms with Gasteiger partial charge in [-0.15, -0.1) is 0 Å². The van der Waals surface area contributed by atoms with Crippen LogP contribution in [0.1, 0.15) is 65.1 Å². The summed E-state index contributed by atoms with van der Waals surface area (Å²) in [5, 5.41) is 5.61. The average Bonchev–Trinajstić information content (AvgIpc) is 2.85. The minimum atomic E-state index is -1.01. The van der Waals surface area contributed by atoms with Crippen molar-refractivity contribution in [2.75, 3.05) is 18.2 Å². The molecule has 0 fully saturated rings. The summed E-state index contributed by atoms with van der Waals surface area (Å²) in [6.45, 7) is 12.9. The van der Waals surface area contributed by atoms with Crippen molar-refractivity contribution in [1.29, 1.82) is 0 Å². The summed E-state index contributed by atoms with van der Waals surface area (Å²) in [6.07, 6.45) is -0.169. The van der Waals surface area contributed by atoms with E-state index in [2.05, 4.69) is 23.3 Å². The number of nitrogens with one attached hydrogen (secondary N) is 2. The topological polar surface area (TPSA) is 97.0 Å². The van der Waals surface area contributed by atoms with Gasteiger partial charge in [-0.1, -0.05) is 31.2 Å². The van der Waals surface area contributed by atoms with Crippen molar-refractivity contribution in [2.45, 2.75) is 78.1 Å². The maximum atomic E-state index is 14.2. The van der Waals surface area contributed by atoms with Crippen molar-refractivity contribution in [3.8, 4) is 5.75 Å². The Morgan fingerprint density at radius 3 is 2.11 bits per heavy atom. The third-order valence-corrected chi connectivity index (χ3v) is 6.64. The molecule has 2 atom stereocenters. The van der Waals surface area contributed by atoms with E-state index < -0.39 is 35.2 Å². The number of amides is 3. The SMILES string of the molecule is CCC(C)(C)N(C(=O)C(CS)NC(=O)OC(C)(C)C)C(C(=O)Nc1ccc(OC)cc1)c1ccccc1C. The Morgan fingerprint density at radius 2 is 1.61 bits per heavy atom. The summed E-state index contributed by atoms with van der Waals surface area (Å²) in [7, 11) is 1.57. The molecule has 0 spiro atoms. The number of hydrogen-bond donors (Lipinski definition) is 3. The summed E-state index contributed by atoms with van der Waals surface area (Å²) >= 11 is 4.36. The summed E-state index contributed by atoms with van der Waals surface area (Å²) in [5.74, 6) is -0.132. The lowest BCUT2D eigenvalue weighted by Crippen LogP contribution is -2.59. The van der Waals surface area contributed by atoms with Gasteiger partial charge in [-0.2, -0.15) is 12.6 Å². The summed E-state index contributed by atoms with van der Waals surface area (Å²) in [4.78, 5) is 42.3. The second kappa shape index (κ2) is 13.0. The van der Waals surface area contributed by atoms with Gasteiger partial charge >= 0.3 is 6.09 Å². The first kappa shape index (κ1) is 31.0. The molecule has 0 bridgehead atoms. The molecule has 2 N–H and O–H groups in total. The van der Waals surface area contributed by atoms with Crippen LogP contribution in [0, 0.1) is 6.92 Å². The number of methoxy groups -OCH3 is 1. The molecule has 8 nitrogen and oxygen atoms in total. The number of hydrogen-bond acceptors (Lipinski definition) is 6. The Balaban J connectivity index is 2.57. The van der Waals surface area contributed by atoms with Crippen molar-refractivity contribution in [3.05, 3.63) is 59.7 Å². The van der Waals surface area contributed by atoms with Crippen molar-refractivity contribution >= 4 is 36.2 Å². The fourth-order valence-corrected chi connectivity index (χ4v) is 4.17. The highest BCUT2D eigenvalue weighted by Crippen LogP contribution is 2.34. The number of alkyl carbamates (subject to hydrolysis) is 1. The smallest absolute Gasteiger partial charge is 0.408 e. The van der Waals surface area contributed by atoms with Crippen LogP contribution in [0.3, 0.4) is 0 Å². The second-order valence-electron chi connectivity index (χ2n) is 10.7. The molecule has 2 aromatic rings. The number of thiol groups is 1. The zero-order valence-corrected chi connectivity index (χ0v) is 24.5. The van der Waals surface area contributed by atoms with Gasteiger partial charge in [0.25, 0.3) is 5.91 Å². The maximum Gasteiger partial charge on any atom is 0.408 e. The highest BCUT2D eigenvalue weighted by molar-refractivity contribution is 7.80. The van der Waals surface area contributed by atoms with Crippen LogP contribution in [0.2, 0.25) is 0 Å². The molecule has 2 rings (SSSR count). The number of anilines is 1. The molecule has 38 heavy (non-hydrogen) atoms. The summed E-state index contributed by atoms with van der Waals surface area (Å²) < 4.78 is 10.6. The van der Waals surface area contributed by atoms with Gasteiger partial charge in [0.1, 0.15) is 23.4 Å². The van der Waals surface area contributed by atoms with Crippen LogP contribution in [0.5, 0.6) is 5.75 Å². The van der Waals surface area contributed by atoms with Crippen molar-refractivity contribution < 1.29 is 23.9 Å². The quantitative estimate of drug-likeness (QED) is 0.343. The third-order valence-electron chi connectivity index (χ3n) is 6.27. The first-order valence-electron chi connectivity index (χ1n) is 12.7. The first-order valence-corrected chi connectivity index (χ1v) is 13.3. The third kappa shape index (κ3) is 8.15. The predicted octanol–water partition coefficient (Wildman–Crippen LogP) is 5.52. The van der Waals surface area contributed by atoms with E-state index in [9.17, 15) is 14.4 Å². The first-order chi connectivity index (χ1) is 17.7. The van der Waals surface area contributed by atoms with Crippen LogP contribution in [0.25, 0.3) is 0 Å². The molecule has 3 amide bonds. The molecule has 0 saturated carbocycles. The maximum absolute atomic E-state index is 14.2. The molecule has 0 heterocycles. The fraction of sp³-hybridized carbons (Fsp3) is 0.483. The Labute approximate surface area is 231 Å². The molecular weight excluding hydrogens is 502 g/mol. The highest BCUT2D eigenvalue weighted by atomic mass is 32.1. The van der Waals surface area contributed by atoms with Gasteiger partial charge in [0, 0.05) is 17.0 Å².